The van der Waals surface area contributed by atoms with Gasteiger partial charge >= 0.3 is 0 Å². The van der Waals surface area contributed by atoms with Crippen LogP contribution in [0.15, 0.2) is 53.7 Å². The number of aliphatic imine (C=N–C) groups is 1. The fourth-order valence-corrected chi connectivity index (χ4v) is 2.10. The van der Waals surface area contributed by atoms with E-state index in [0.29, 0.717) is 19.0 Å². The lowest BCUT2D eigenvalue weighted by atomic mass is 10.1. The van der Waals surface area contributed by atoms with E-state index >= 15 is 0 Å². The number of hydrogen-bond acceptors (Lipinski definition) is 3. The van der Waals surface area contributed by atoms with Crippen molar-refractivity contribution in [1.82, 2.24) is 15.6 Å². The van der Waals surface area contributed by atoms with Crippen molar-refractivity contribution >= 4 is 29.9 Å². The lowest BCUT2D eigenvalue weighted by molar-refractivity contribution is 0.106. The number of ether oxygens (including phenoxy) is 1. The molecule has 2 N–H and O–H groups in total. The van der Waals surface area contributed by atoms with Crippen molar-refractivity contribution in [3.63, 3.8) is 0 Å². The third-order valence-corrected chi connectivity index (χ3v) is 3.37. The standard InChI is InChI=1S/C17H21FN4O.HI/c1-19-17(21-11-15-5-3-4-10-20-15)22-12-16(23-2)13-6-8-14(18)9-7-13;/h3-10,16H,11-12H2,1-2H3,(H2,19,21,22);1H. The molecule has 1 heterocycles. The molecule has 1 aromatic heterocycles. The number of nitrogens with one attached hydrogen (secondary N) is 2. The van der Waals surface area contributed by atoms with Crippen LogP contribution >= 0.6 is 24.0 Å². The van der Waals surface area contributed by atoms with Gasteiger partial charge in [0.1, 0.15) is 5.82 Å². The largest absolute Gasteiger partial charge is 0.375 e. The normalized spacial score (nSPS) is 12.2. The first-order chi connectivity index (χ1) is 11.2. The third kappa shape index (κ3) is 6.40. The van der Waals surface area contributed by atoms with Crippen molar-refractivity contribution in [2.45, 2.75) is 12.6 Å². The van der Waals surface area contributed by atoms with E-state index in [1.54, 1.807) is 32.5 Å². The Balaban J connectivity index is 0.00000288. The molecule has 0 amide bonds. The number of nitrogens with zero attached hydrogens (tertiary/aromatic N) is 2. The van der Waals surface area contributed by atoms with Gasteiger partial charge in [0.25, 0.3) is 0 Å². The molecule has 7 heteroatoms. The molecule has 0 saturated heterocycles. The number of benzene rings is 1. The van der Waals surface area contributed by atoms with Crippen LogP contribution in [0.1, 0.15) is 17.4 Å². The molecule has 0 fully saturated rings. The molecule has 5 nitrogen and oxygen atoms in total. The Bertz CT molecular complexity index is 622. The van der Waals surface area contributed by atoms with Crippen molar-refractivity contribution < 1.29 is 9.13 Å². The number of rotatable bonds is 6. The lowest BCUT2D eigenvalue weighted by Crippen LogP contribution is -2.39. The Labute approximate surface area is 158 Å². The molecule has 130 valence electrons. The minimum absolute atomic E-state index is 0. The maximum absolute atomic E-state index is 13.0. The molecule has 2 rings (SSSR count). The van der Waals surface area contributed by atoms with Crippen LogP contribution in [0, 0.1) is 5.82 Å². The zero-order valence-electron chi connectivity index (χ0n) is 13.7. The zero-order valence-corrected chi connectivity index (χ0v) is 16.0. The van der Waals surface area contributed by atoms with Crippen LogP contribution in [-0.2, 0) is 11.3 Å². The Hall–Kier alpha value is -1.74. The number of aromatic nitrogens is 1. The maximum atomic E-state index is 13.0. The van der Waals surface area contributed by atoms with Gasteiger partial charge in [-0.1, -0.05) is 18.2 Å². The Kier molecular flexibility index (Phi) is 9.24. The van der Waals surface area contributed by atoms with Crippen molar-refractivity contribution in [2.75, 3.05) is 20.7 Å². The van der Waals surface area contributed by atoms with E-state index in [-0.39, 0.29) is 35.9 Å². The monoisotopic (exact) mass is 444 g/mol. The molecule has 2 aromatic rings. The topological polar surface area (TPSA) is 58.5 Å². The van der Waals surface area contributed by atoms with E-state index < -0.39 is 0 Å². The number of hydrogen-bond donors (Lipinski definition) is 2. The lowest BCUT2D eigenvalue weighted by Gasteiger charge is -2.18. The second-order valence-electron chi connectivity index (χ2n) is 4.90. The predicted molar refractivity (Wildman–Crippen MR) is 104 cm³/mol. The molecular formula is C17H22FIN4O. The molecule has 1 atom stereocenters. The highest BCUT2D eigenvalue weighted by Gasteiger charge is 2.11. The predicted octanol–water partition coefficient (Wildman–Crippen LogP) is 2.89. The van der Waals surface area contributed by atoms with Crippen molar-refractivity contribution in [3.05, 3.63) is 65.7 Å². The highest BCUT2D eigenvalue weighted by atomic mass is 127. The molecule has 1 unspecified atom stereocenters. The van der Waals surface area contributed by atoms with Crippen molar-refractivity contribution in [3.8, 4) is 0 Å². The molecule has 1 aromatic carbocycles. The van der Waals surface area contributed by atoms with Gasteiger partial charge in [-0.15, -0.1) is 24.0 Å². The van der Waals surface area contributed by atoms with Gasteiger partial charge in [0, 0.05) is 26.9 Å². The molecule has 0 aliphatic carbocycles. The number of pyridine rings is 1. The summed E-state index contributed by atoms with van der Waals surface area (Å²) in [7, 11) is 3.33. The van der Waals surface area contributed by atoms with E-state index in [2.05, 4.69) is 20.6 Å². The van der Waals surface area contributed by atoms with Gasteiger partial charge in [0.05, 0.1) is 18.3 Å². The number of guanidine groups is 1. The molecule has 0 radical (unpaired) electrons. The van der Waals surface area contributed by atoms with Crippen molar-refractivity contribution in [2.24, 2.45) is 4.99 Å². The summed E-state index contributed by atoms with van der Waals surface area (Å²) in [5.41, 5.74) is 1.83. The minimum Gasteiger partial charge on any atom is -0.375 e. The summed E-state index contributed by atoms with van der Waals surface area (Å²) in [5.74, 6) is 0.393. The summed E-state index contributed by atoms with van der Waals surface area (Å²) in [6, 6.07) is 12.0. The second-order valence-corrected chi connectivity index (χ2v) is 4.90. The Morgan fingerprint density at radius 2 is 1.96 bits per heavy atom. The Morgan fingerprint density at radius 1 is 1.21 bits per heavy atom. The van der Waals surface area contributed by atoms with E-state index in [4.69, 9.17) is 4.74 Å². The molecular weight excluding hydrogens is 422 g/mol. The van der Waals surface area contributed by atoms with Crippen LogP contribution in [0.2, 0.25) is 0 Å². The molecule has 0 aliphatic rings. The van der Waals surface area contributed by atoms with Crippen LogP contribution in [0.4, 0.5) is 4.39 Å². The van der Waals surface area contributed by atoms with E-state index in [0.717, 1.165) is 11.3 Å². The molecule has 0 saturated carbocycles. The molecule has 0 aliphatic heterocycles. The van der Waals surface area contributed by atoms with Crippen LogP contribution < -0.4 is 10.6 Å². The summed E-state index contributed by atoms with van der Waals surface area (Å²) in [6.45, 7) is 1.10. The highest BCUT2D eigenvalue weighted by molar-refractivity contribution is 14.0. The first-order valence-electron chi connectivity index (χ1n) is 7.35. The summed E-state index contributed by atoms with van der Waals surface area (Å²) in [4.78, 5) is 8.41. The van der Waals surface area contributed by atoms with Crippen LogP contribution in [0.3, 0.4) is 0 Å². The Morgan fingerprint density at radius 3 is 2.54 bits per heavy atom. The van der Waals surface area contributed by atoms with Crippen LogP contribution in [-0.4, -0.2) is 31.6 Å². The van der Waals surface area contributed by atoms with Gasteiger partial charge in [0.2, 0.25) is 0 Å². The second kappa shape index (κ2) is 10.9. The average molecular weight is 444 g/mol. The quantitative estimate of drug-likeness (QED) is 0.409. The molecule has 24 heavy (non-hydrogen) atoms. The van der Waals surface area contributed by atoms with Gasteiger partial charge < -0.3 is 15.4 Å². The first-order valence-corrected chi connectivity index (χ1v) is 7.35. The smallest absolute Gasteiger partial charge is 0.191 e. The van der Waals surface area contributed by atoms with Crippen LogP contribution in [0.25, 0.3) is 0 Å². The van der Waals surface area contributed by atoms with E-state index in [9.17, 15) is 4.39 Å². The van der Waals surface area contributed by atoms with Gasteiger partial charge in [-0.05, 0) is 29.8 Å². The van der Waals surface area contributed by atoms with Gasteiger partial charge in [0.15, 0.2) is 5.96 Å². The molecule has 0 spiro atoms. The van der Waals surface area contributed by atoms with E-state index in [1.165, 1.54) is 12.1 Å². The third-order valence-electron chi connectivity index (χ3n) is 3.37. The summed E-state index contributed by atoms with van der Waals surface area (Å²) < 4.78 is 18.4. The molecule has 0 bridgehead atoms. The fourth-order valence-electron chi connectivity index (χ4n) is 2.10. The zero-order chi connectivity index (χ0) is 16.5. The van der Waals surface area contributed by atoms with Gasteiger partial charge in [-0.25, -0.2) is 4.39 Å². The SMILES string of the molecule is CN=C(NCc1ccccn1)NCC(OC)c1ccc(F)cc1.I. The van der Waals surface area contributed by atoms with Gasteiger partial charge in [-0.3, -0.25) is 9.98 Å². The number of methoxy groups -OCH3 is 1. The maximum Gasteiger partial charge on any atom is 0.191 e. The minimum atomic E-state index is -0.260. The first kappa shape index (κ1) is 20.3. The highest BCUT2D eigenvalue weighted by Crippen LogP contribution is 2.16. The van der Waals surface area contributed by atoms with Crippen LogP contribution in [0.5, 0.6) is 0 Å². The number of halogens is 2. The van der Waals surface area contributed by atoms with E-state index in [1.807, 2.05) is 18.2 Å². The fraction of sp³-hybridized carbons (Fsp3) is 0.294. The summed E-state index contributed by atoms with van der Waals surface area (Å²) in [5, 5.41) is 6.38. The van der Waals surface area contributed by atoms with Gasteiger partial charge in [-0.2, -0.15) is 0 Å². The summed E-state index contributed by atoms with van der Waals surface area (Å²) >= 11 is 0. The summed E-state index contributed by atoms with van der Waals surface area (Å²) in [6.07, 6.45) is 1.56. The van der Waals surface area contributed by atoms with Crippen molar-refractivity contribution in [1.29, 1.82) is 0 Å². The average Bonchev–Trinajstić information content (AvgIpc) is 2.60.